The van der Waals surface area contributed by atoms with Gasteiger partial charge in [-0.2, -0.15) is 0 Å². The zero-order chi connectivity index (χ0) is 25.9. The first-order chi connectivity index (χ1) is 17.8. The molecule has 0 spiro atoms. The van der Waals surface area contributed by atoms with Crippen molar-refractivity contribution in [2.75, 3.05) is 11.1 Å². The zero-order valence-corrected chi connectivity index (χ0v) is 19.9. The van der Waals surface area contributed by atoms with E-state index in [1.807, 2.05) is 6.92 Å². The summed E-state index contributed by atoms with van der Waals surface area (Å²) in [6, 6.07) is 12.2. The number of hydrogen-bond donors (Lipinski definition) is 2. The molecule has 0 fully saturated rings. The van der Waals surface area contributed by atoms with Gasteiger partial charge in [-0.05, 0) is 36.2 Å². The van der Waals surface area contributed by atoms with Crippen LogP contribution in [0.3, 0.4) is 0 Å². The first kappa shape index (κ1) is 22.7. The number of carbonyl (C=O) groups excluding carboxylic acids is 1. The number of nitrogens with zero attached hydrogens (tertiary/aromatic N) is 5. The number of amides is 1. The molecular formula is C27H21F2N7O. The van der Waals surface area contributed by atoms with Crippen LogP contribution in [-0.2, 0) is 10.2 Å². The van der Waals surface area contributed by atoms with Gasteiger partial charge in [0.15, 0.2) is 11.5 Å². The molecular weight excluding hydrogens is 476 g/mol. The number of benzene rings is 2. The van der Waals surface area contributed by atoms with Crippen molar-refractivity contribution >= 4 is 23.2 Å². The van der Waals surface area contributed by atoms with Gasteiger partial charge in [-0.3, -0.25) is 4.79 Å². The summed E-state index contributed by atoms with van der Waals surface area (Å²) in [5.74, 6) is -0.965. The topological polar surface area (TPSA) is 111 Å². The van der Waals surface area contributed by atoms with Crippen LogP contribution in [0.25, 0.3) is 17.2 Å². The van der Waals surface area contributed by atoms with Crippen LogP contribution in [0.4, 0.5) is 20.4 Å². The number of aromatic nitrogens is 5. The summed E-state index contributed by atoms with van der Waals surface area (Å²) in [6.07, 6.45) is 5.09. The van der Waals surface area contributed by atoms with Crippen molar-refractivity contribution < 1.29 is 13.6 Å². The minimum Gasteiger partial charge on any atom is -0.383 e. The Labute approximate surface area is 210 Å². The van der Waals surface area contributed by atoms with Gasteiger partial charge in [0.1, 0.15) is 34.4 Å². The number of rotatable bonds is 4. The largest absolute Gasteiger partial charge is 0.383 e. The van der Waals surface area contributed by atoms with Crippen LogP contribution >= 0.6 is 0 Å². The van der Waals surface area contributed by atoms with Crippen LogP contribution < -0.4 is 11.1 Å². The maximum absolute atomic E-state index is 14.6. The van der Waals surface area contributed by atoms with E-state index in [2.05, 4.69) is 20.3 Å². The molecule has 5 aromatic rings. The van der Waals surface area contributed by atoms with Gasteiger partial charge < -0.3 is 15.5 Å². The fourth-order valence-electron chi connectivity index (χ4n) is 4.91. The summed E-state index contributed by atoms with van der Waals surface area (Å²) in [4.78, 5) is 31.4. The van der Waals surface area contributed by atoms with Gasteiger partial charge in [-0.25, -0.2) is 28.7 Å². The van der Waals surface area contributed by atoms with E-state index in [9.17, 15) is 13.6 Å². The maximum atomic E-state index is 14.6. The molecule has 3 N–H and O–H groups in total. The zero-order valence-electron chi connectivity index (χ0n) is 19.9. The molecule has 4 heterocycles. The monoisotopic (exact) mass is 497 g/mol. The average Bonchev–Trinajstić information content (AvgIpc) is 3.46. The van der Waals surface area contributed by atoms with E-state index in [-0.39, 0.29) is 29.2 Å². The van der Waals surface area contributed by atoms with E-state index in [4.69, 9.17) is 10.7 Å². The number of nitrogen functional groups attached to an aromatic ring is 1. The van der Waals surface area contributed by atoms with E-state index in [1.165, 1.54) is 18.2 Å². The molecule has 10 heteroatoms. The number of hydrogen-bond acceptors (Lipinski definition) is 6. The van der Waals surface area contributed by atoms with Gasteiger partial charge in [0.05, 0.1) is 11.3 Å². The van der Waals surface area contributed by atoms with Crippen LogP contribution in [0, 0.1) is 11.6 Å². The highest BCUT2D eigenvalue weighted by molar-refractivity contribution is 6.09. The lowest BCUT2D eigenvalue weighted by Gasteiger charge is -2.23. The number of nitrogens with two attached hydrogens (primary N) is 1. The summed E-state index contributed by atoms with van der Waals surface area (Å²) in [5, 5.41) is 2.79. The van der Waals surface area contributed by atoms with Gasteiger partial charge in [0.25, 0.3) is 0 Å². The number of imidazole rings is 1. The average molecular weight is 498 g/mol. The van der Waals surface area contributed by atoms with Crippen molar-refractivity contribution in [1.82, 2.24) is 24.3 Å². The third-order valence-corrected chi connectivity index (χ3v) is 6.96. The quantitative estimate of drug-likeness (QED) is 0.379. The van der Waals surface area contributed by atoms with Crippen molar-refractivity contribution in [2.24, 2.45) is 0 Å². The molecule has 2 aromatic carbocycles. The summed E-state index contributed by atoms with van der Waals surface area (Å²) in [5.41, 5.74) is 8.15. The highest BCUT2D eigenvalue weighted by Crippen LogP contribution is 2.45. The molecule has 0 bridgehead atoms. The molecule has 0 aliphatic carbocycles. The van der Waals surface area contributed by atoms with Crippen molar-refractivity contribution in [3.8, 4) is 11.5 Å². The van der Waals surface area contributed by atoms with Crippen LogP contribution in [-0.4, -0.2) is 30.2 Å². The summed E-state index contributed by atoms with van der Waals surface area (Å²) in [6.45, 7) is 3.55. The van der Waals surface area contributed by atoms with Gasteiger partial charge >= 0.3 is 0 Å². The molecule has 1 aliphatic rings. The van der Waals surface area contributed by atoms with Gasteiger partial charge in [-0.1, -0.05) is 37.3 Å². The Morgan fingerprint density at radius 1 is 1.05 bits per heavy atom. The van der Waals surface area contributed by atoms with Crippen LogP contribution in [0.5, 0.6) is 0 Å². The second-order valence-electron chi connectivity index (χ2n) is 9.15. The van der Waals surface area contributed by atoms with Crippen LogP contribution in [0.1, 0.15) is 42.1 Å². The predicted molar refractivity (Wildman–Crippen MR) is 134 cm³/mol. The Morgan fingerprint density at radius 3 is 2.57 bits per heavy atom. The number of carbonyl (C=O) groups is 1. The molecule has 184 valence electrons. The fraction of sp³-hybridized carbons (Fsp3) is 0.148. The van der Waals surface area contributed by atoms with Crippen molar-refractivity contribution in [1.29, 1.82) is 0 Å². The number of anilines is 2. The Bertz CT molecular complexity index is 1700. The van der Waals surface area contributed by atoms with Crippen molar-refractivity contribution in [3.05, 3.63) is 101 Å². The van der Waals surface area contributed by atoms with Gasteiger partial charge in [-0.15, -0.1) is 0 Å². The molecule has 6 rings (SSSR count). The fourth-order valence-corrected chi connectivity index (χ4v) is 4.91. The lowest BCUT2D eigenvalue weighted by Crippen LogP contribution is -2.33. The smallest absolute Gasteiger partial charge is 0.240 e. The molecule has 37 heavy (non-hydrogen) atoms. The predicted octanol–water partition coefficient (Wildman–Crippen LogP) is 4.46. The van der Waals surface area contributed by atoms with E-state index in [0.29, 0.717) is 33.7 Å². The highest BCUT2D eigenvalue weighted by atomic mass is 19.1. The molecule has 0 saturated carbocycles. The Kier molecular flexibility index (Phi) is 5.01. The number of nitrogens with one attached hydrogen (secondary N) is 1. The van der Waals surface area contributed by atoms with Gasteiger partial charge in [0.2, 0.25) is 5.91 Å². The molecule has 2 unspecified atom stereocenters. The summed E-state index contributed by atoms with van der Waals surface area (Å²) < 4.78 is 29.9. The molecule has 1 amide bonds. The highest BCUT2D eigenvalue weighted by Gasteiger charge is 2.47. The van der Waals surface area contributed by atoms with E-state index >= 15 is 0 Å². The molecule has 1 aliphatic heterocycles. The molecule has 0 saturated heterocycles. The standard InChI is InChI=1S/C27H21F2N7O/c1-14(17-5-3-4-6-18(17)29)21-25-31-11-12-36(25)13-19(32-21)23-33-22(30)20-24(34-23)35-26(37)27(20,2)15-7-9-16(28)10-8-15/h3-14H,1-2H3,(H3,30,33,34,35,37). The van der Waals surface area contributed by atoms with Crippen LogP contribution in [0.2, 0.25) is 0 Å². The molecule has 2 atom stereocenters. The first-order valence-corrected chi connectivity index (χ1v) is 11.6. The molecule has 8 nitrogen and oxygen atoms in total. The normalized spacial score (nSPS) is 17.6. The number of halogens is 2. The lowest BCUT2D eigenvalue weighted by atomic mass is 9.78. The lowest BCUT2D eigenvalue weighted by molar-refractivity contribution is -0.119. The number of fused-ring (bicyclic) bond motifs is 2. The third kappa shape index (κ3) is 3.44. The minimum absolute atomic E-state index is 0.0985. The summed E-state index contributed by atoms with van der Waals surface area (Å²) in [7, 11) is 0. The Balaban J connectivity index is 1.49. The summed E-state index contributed by atoms with van der Waals surface area (Å²) >= 11 is 0. The second-order valence-corrected chi connectivity index (χ2v) is 9.15. The van der Waals surface area contributed by atoms with E-state index in [0.717, 1.165) is 0 Å². The second kappa shape index (κ2) is 8.16. The SMILES string of the molecule is CC(c1ccccc1F)c1nc(-c2nc(N)c3c(n2)NC(=O)C3(C)c2ccc(F)cc2)cn2ccnc12. The maximum Gasteiger partial charge on any atom is 0.240 e. The van der Waals surface area contributed by atoms with Crippen molar-refractivity contribution in [3.63, 3.8) is 0 Å². The van der Waals surface area contributed by atoms with Crippen molar-refractivity contribution in [2.45, 2.75) is 25.2 Å². The Hall–Kier alpha value is -4.73. The van der Waals surface area contributed by atoms with Crippen LogP contribution in [0.15, 0.2) is 67.1 Å². The third-order valence-electron chi connectivity index (χ3n) is 6.96. The van der Waals surface area contributed by atoms with Gasteiger partial charge in [0, 0.05) is 24.5 Å². The Morgan fingerprint density at radius 2 is 1.81 bits per heavy atom. The minimum atomic E-state index is -1.20. The van der Waals surface area contributed by atoms with E-state index < -0.39 is 17.2 Å². The molecule has 3 aromatic heterocycles. The van der Waals surface area contributed by atoms with E-state index in [1.54, 1.807) is 60.2 Å². The first-order valence-electron chi connectivity index (χ1n) is 11.6. The molecule has 0 radical (unpaired) electrons.